The maximum absolute atomic E-state index is 13.0. The summed E-state index contributed by atoms with van der Waals surface area (Å²) >= 11 is 0. The third kappa shape index (κ3) is 4.17. The van der Waals surface area contributed by atoms with Gasteiger partial charge in [0.2, 0.25) is 0 Å². The van der Waals surface area contributed by atoms with Crippen molar-refractivity contribution in [3.63, 3.8) is 0 Å². The smallest absolute Gasteiger partial charge is 0.253 e. The quantitative estimate of drug-likeness (QED) is 0.726. The van der Waals surface area contributed by atoms with Gasteiger partial charge >= 0.3 is 0 Å². The predicted octanol–water partition coefficient (Wildman–Crippen LogP) is 3.59. The fraction of sp³-hybridized carbons (Fsp3) is 0.333. The molecule has 1 aromatic heterocycles. The standard InChI is InChI=1S/C24H26N4O2/c1-15-4-6-18(7-5-15)23(29)27-20-10-12-28(13-11-20)24(30)19-8-9-21-22(14-19)26-17(3)16(2)25-21/h4-9,14,20H,10-13H2,1-3H3,(H,27,29). The number of benzene rings is 2. The van der Waals surface area contributed by atoms with Crippen LogP contribution in [0.2, 0.25) is 0 Å². The Kier molecular flexibility index (Phi) is 5.48. The third-order valence-corrected chi connectivity index (χ3v) is 5.75. The molecule has 0 spiro atoms. The maximum Gasteiger partial charge on any atom is 0.253 e. The summed E-state index contributed by atoms with van der Waals surface area (Å²) in [6.07, 6.45) is 1.49. The second-order valence-corrected chi connectivity index (χ2v) is 8.00. The van der Waals surface area contributed by atoms with E-state index in [0.29, 0.717) is 24.2 Å². The Labute approximate surface area is 176 Å². The van der Waals surface area contributed by atoms with Crippen molar-refractivity contribution in [2.75, 3.05) is 13.1 Å². The van der Waals surface area contributed by atoms with Gasteiger partial charge in [0, 0.05) is 30.3 Å². The van der Waals surface area contributed by atoms with Crippen molar-refractivity contribution in [1.29, 1.82) is 0 Å². The van der Waals surface area contributed by atoms with Gasteiger partial charge in [-0.25, -0.2) is 9.97 Å². The summed E-state index contributed by atoms with van der Waals surface area (Å²) in [4.78, 5) is 36.3. The van der Waals surface area contributed by atoms with Crippen molar-refractivity contribution in [3.8, 4) is 0 Å². The van der Waals surface area contributed by atoms with Crippen molar-refractivity contribution >= 4 is 22.8 Å². The number of hydrogen-bond acceptors (Lipinski definition) is 4. The van der Waals surface area contributed by atoms with Gasteiger partial charge < -0.3 is 10.2 Å². The average molecular weight is 402 g/mol. The van der Waals surface area contributed by atoms with Gasteiger partial charge in [-0.1, -0.05) is 17.7 Å². The maximum atomic E-state index is 13.0. The molecule has 1 fully saturated rings. The summed E-state index contributed by atoms with van der Waals surface area (Å²) in [5.41, 5.74) is 5.73. The van der Waals surface area contributed by atoms with E-state index < -0.39 is 0 Å². The Hall–Kier alpha value is -3.28. The van der Waals surface area contributed by atoms with Crippen LogP contribution in [0.4, 0.5) is 0 Å². The lowest BCUT2D eigenvalue weighted by Gasteiger charge is -2.32. The fourth-order valence-corrected chi connectivity index (χ4v) is 3.75. The molecule has 0 unspecified atom stereocenters. The number of aryl methyl sites for hydroxylation is 3. The van der Waals surface area contributed by atoms with Crippen molar-refractivity contribution in [3.05, 3.63) is 70.5 Å². The molecule has 1 saturated heterocycles. The highest BCUT2D eigenvalue weighted by Crippen LogP contribution is 2.19. The molecule has 2 heterocycles. The number of nitrogens with one attached hydrogen (secondary N) is 1. The van der Waals surface area contributed by atoms with Crippen molar-refractivity contribution < 1.29 is 9.59 Å². The number of carbonyl (C=O) groups is 2. The zero-order chi connectivity index (χ0) is 21.3. The average Bonchev–Trinajstić information content (AvgIpc) is 2.75. The van der Waals surface area contributed by atoms with Crippen LogP contribution in [0.5, 0.6) is 0 Å². The van der Waals surface area contributed by atoms with Gasteiger partial charge in [-0.2, -0.15) is 0 Å². The summed E-state index contributed by atoms with van der Waals surface area (Å²) in [6.45, 7) is 7.09. The van der Waals surface area contributed by atoms with Crippen LogP contribution in [0, 0.1) is 20.8 Å². The van der Waals surface area contributed by atoms with E-state index in [0.717, 1.165) is 40.8 Å². The molecule has 1 aliphatic heterocycles. The minimum Gasteiger partial charge on any atom is -0.349 e. The number of piperidine rings is 1. The van der Waals surface area contributed by atoms with Crippen molar-refractivity contribution in [1.82, 2.24) is 20.2 Å². The molecule has 0 bridgehead atoms. The molecule has 0 aliphatic carbocycles. The highest BCUT2D eigenvalue weighted by molar-refractivity contribution is 5.97. The lowest BCUT2D eigenvalue weighted by Crippen LogP contribution is -2.46. The Morgan fingerprint density at radius 2 is 1.47 bits per heavy atom. The second-order valence-electron chi connectivity index (χ2n) is 8.00. The van der Waals surface area contributed by atoms with Crippen LogP contribution in [0.1, 0.15) is 50.5 Å². The molecule has 6 heteroatoms. The molecular weight excluding hydrogens is 376 g/mol. The zero-order valence-electron chi connectivity index (χ0n) is 17.6. The van der Waals surface area contributed by atoms with Crippen LogP contribution < -0.4 is 5.32 Å². The molecule has 0 saturated carbocycles. The SMILES string of the molecule is Cc1ccc(C(=O)NC2CCN(C(=O)c3ccc4nc(C)c(C)nc4c3)CC2)cc1. The van der Waals surface area contributed by atoms with Gasteiger partial charge in [0.15, 0.2) is 0 Å². The first-order chi connectivity index (χ1) is 14.4. The molecule has 3 aromatic rings. The van der Waals surface area contributed by atoms with E-state index >= 15 is 0 Å². The van der Waals surface area contributed by atoms with E-state index in [4.69, 9.17) is 0 Å². The number of nitrogens with zero attached hydrogens (tertiary/aromatic N) is 3. The molecule has 30 heavy (non-hydrogen) atoms. The molecule has 2 amide bonds. The summed E-state index contributed by atoms with van der Waals surface area (Å²) in [7, 11) is 0. The van der Waals surface area contributed by atoms with E-state index in [1.807, 2.05) is 68.1 Å². The molecule has 6 nitrogen and oxygen atoms in total. The van der Waals surface area contributed by atoms with Gasteiger partial charge in [0.1, 0.15) is 0 Å². The van der Waals surface area contributed by atoms with Gasteiger partial charge in [0.05, 0.1) is 22.4 Å². The van der Waals surface area contributed by atoms with Gasteiger partial charge in [-0.3, -0.25) is 9.59 Å². The van der Waals surface area contributed by atoms with Crippen LogP contribution in [-0.2, 0) is 0 Å². The zero-order valence-corrected chi connectivity index (χ0v) is 17.6. The van der Waals surface area contributed by atoms with Crippen molar-refractivity contribution in [2.45, 2.75) is 39.7 Å². The lowest BCUT2D eigenvalue weighted by atomic mass is 10.0. The Bertz CT molecular complexity index is 1100. The first kappa shape index (κ1) is 20.0. The van der Waals surface area contributed by atoms with E-state index in [-0.39, 0.29) is 17.9 Å². The molecule has 1 N–H and O–H groups in total. The number of hydrogen-bond donors (Lipinski definition) is 1. The second kappa shape index (κ2) is 8.22. The number of rotatable bonds is 3. The summed E-state index contributed by atoms with van der Waals surface area (Å²) in [5.74, 6) is -0.0567. The molecule has 0 radical (unpaired) electrons. The summed E-state index contributed by atoms with van der Waals surface area (Å²) < 4.78 is 0. The molecule has 4 rings (SSSR count). The minimum atomic E-state index is -0.0569. The van der Waals surface area contributed by atoms with Crippen LogP contribution in [0.25, 0.3) is 11.0 Å². The minimum absolute atomic E-state index is 0.000221. The third-order valence-electron chi connectivity index (χ3n) is 5.75. The summed E-state index contributed by atoms with van der Waals surface area (Å²) in [6, 6.07) is 13.1. The molecule has 154 valence electrons. The predicted molar refractivity (Wildman–Crippen MR) is 117 cm³/mol. The van der Waals surface area contributed by atoms with Gasteiger partial charge in [0.25, 0.3) is 11.8 Å². The topological polar surface area (TPSA) is 75.2 Å². The number of aromatic nitrogens is 2. The highest BCUT2D eigenvalue weighted by atomic mass is 16.2. The summed E-state index contributed by atoms with van der Waals surface area (Å²) in [5, 5.41) is 3.09. The highest BCUT2D eigenvalue weighted by Gasteiger charge is 2.25. The van der Waals surface area contributed by atoms with Crippen LogP contribution >= 0.6 is 0 Å². The molecule has 1 aliphatic rings. The number of fused-ring (bicyclic) bond motifs is 1. The van der Waals surface area contributed by atoms with Crippen molar-refractivity contribution in [2.24, 2.45) is 0 Å². The number of likely N-dealkylation sites (tertiary alicyclic amines) is 1. The lowest BCUT2D eigenvalue weighted by molar-refractivity contribution is 0.0698. The largest absolute Gasteiger partial charge is 0.349 e. The molecule has 0 atom stereocenters. The number of carbonyl (C=O) groups excluding carboxylic acids is 2. The van der Waals surface area contributed by atoms with Crippen LogP contribution in [0.3, 0.4) is 0 Å². The van der Waals surface area contributed by atoms with E-state index in [1.54, 1.807) is 0 Å². The normalized spacial score (nSPS) is 14.7. The fourth-order valence-electron chi connectivity index (χ4n) is 3.75. The van der Waals surface area contributed by atoms with Gasteiger partial charge in [-0.05, 0) is 63.9 Å². The first-order valence-corrected chi connectivity index (χ1v) is 10.3. The Morgan fingerprint density at radius 3 is 2.13 bits per heavy atom. The monoisotopic (exact) mass is 402 g/mol. The van der Waals surface area contributed by atoms with E-state index in [9.17, 15) is 9.59 Å². The van der Waals surface area contributed by atoms with Gasteiger partial charge in [-0.15, -0.1) is 0 Å². The molecular formula is C24H26N4O2. The van der Waals surface area contributed by atoms with E-state index in [1.165, 1.54) is 0 Å². The Balaban J connectivity index is 1.38. The van der Waals surface area contributed by atoms with Crippen LogP contribution in [0.15, 0.2) is 42.5 Å². The van der Waals surface area contributed by atoms with Crippen LogP contribution in [-0.4, -0.2) is 45.8 Å². The first-order valence-electron chi connectivity index (χ1n) is 10.3. The number of amides is 2. The van der Waals surface area contributed by atoms with E-state index in [2.05, 4.69) is 15.3 Å². The molecule has 2 aromatic carbocycles. The Morgan fingerprint density at radius 1 is 0.867 bits per heavy atom.